The van der Waals surface area contributed by atoms with Crippen molar-refractivity contribution in [3.05, 3.63) is 34.6 Å². The second-order valence-corrected chi connectivity index (χ2v) is 3.83. The van der Waals surface area contributed by atoms with E-state index in [-0.39, 0.29) is 5.82 Å². The molecule has 1 aromatic carbocycles. The standard InChI is InChI=1S/C10H8ClFO/c11-7-1-2-8(9(12)5-7)10(6-13)3-4-10/h1-2,5-6H,3-4H2. The molecule has 1 fully saturated rings. The van der Waals surface area contributed by atoms with Crippen molar-refractivity contribution in [3.8, 4) is 0 Å². The number of carbonyl (C=O) groups excluding carboxylic acids is 1. The first kappa shape index (κ1) is 8.70. The molecule has 0 atom stereocenters. The molecule has 0 radical (unpaired) electrons. The minimum atomic E-state index is -0.547. The van der Waals surface area contributed by atoms with E-state index in [2.05, 4.69) is 0 Å². The van der Waals surface area contributed by atoms with E-state index in [1.54, 1.807) is 12.1 Å². The third kappa shape index (κ3) is 1.35. The van der Waals surface area contributed by atoms with Gasteiger partial charge in [-0.3, -0.25) is 0 Å². The highest BCUT2D eigenvalue weighted by atomic mass is 35.5. The molecule has 0 aromatic heterocycles. The molecular formula is C10H8ClFO. The first-order valence-corrected chi connectivity index (χ1v) is 4.48. The largest absolute Gasteiger partial charge is 0.302 e. The molecule has 0 saturated heterocycles. The highest BCUT2D eigenvalue weighted by Gasteiger charge is 2.45. The Bertz CT molecular complexity index is 358. The van der Waals surface area contributed by atoms with Crippen molar-refractivity contribution < 1.29 is 9.18 Å². The second-order valence-electron chi connectivity index (χ2n) is 3.40. The lowest BCUT2D eigenvalue weighted by Gasteiger charge is -2.08. The van der Waals surface area contributed by atoms with Crippen LogP contribution in [0.2, 0.25) is 5.02 Å². The minimum Gasteiger partial charge on any atom is -0.302 e. The maximum atomic E-state index is 13.3. The van der Waals surface area contributed by atoms with Gasteiger partial charge >= 0.3 is 0 Å². The zero-order valence-electron chi connectivity index (χ0n) is 6.89. The number of carbonyl (C=O) groups is 1. The lowest BCUT2D eigenvalue weighted by atomic mass is 9.97. The van der Waals surface area contributed by atoms with Crippen molar-refractivity contribution in [2.24, 2.45) is 0 Å². The van der Waals surface area contributed by atoms with Gasteiger partial charge in [0.1, 0.15) is 12.1 Å². The summed E-state index contributed by atoms with van der Waals surface area (Å²) < 4.78 is 13.3. The van der Waals surface area contributed by atoms with Crippen LogP contribution in [0.25, 0.3) is 0 Å². The molecule has 0 bridgehead atoms. The normalized spacial score (nSPS) is 18.3. The average molecular weight is 199 g/mol. The van der Waals surface area contributed by atoms with Crippen LogP contribution in [0.15, 0.2) is 18.2 Å². The summed E-state index contributed by atoms with van der Waals surface area (Å²) in [5.41, 5.74) is -0.0683. The highest BCUT2D eigenvalue weighted by Crippen LogP contribution is 2.47. The van der Waals surface area contributed by atoms with E-state index in [4.69, 9.17) is 11.6 Å². The van der Waals surface area contributed by atoms with Gasteiger partial charge in [-0.1, -0.05) is 17.7 Å². The number of aldehydes is 1. The van der Waals surface area contributed by atoms with Crippen molar-refractivity contribution in [2.75, 3.05) is 0 Å². The van der Waals surface area contributed by atoms with Crippen LogP contribution in [0.4, 0.5) is 4.39 Å². The molecule has 0 unspecified atom stereocenters. The van der Waals surface area contributed by atoms with Crippen molar-refractivity contribution in [2.45, 2.75) is 18.3 Å². The predicted molar refractivity (Wildman–Crippen MR) is 48.4 cm³/mol. The van der Waals surface area contributed by atoms with E-state index in [1.807, 2.05) is 0 Å². The van der Waals surface area contributed by atoms with Crippen molar-refractivity contribution in [3.63, 3.8) is 0 Å². The fraction of sp³-hybridized carbons (Fsp3) is 0.300. The van der Waals surface area contributed by atoms with E-state index >= 15 is 0 Å². The van der Waals surface area contributed by atoms with Gasteiger partial charge in [-0.05, 0) is 25.0 Å². The Labute approximate surface area is 80.5 Å². The summed E-state index contributed by atoms with van der Waals surface area (Å²) in [4.78, 5) is 10.7. The summed E-state index contributed by atoms with van der Waals surface area (Å²) in [6.07, 6.45) is 2.32. The summed E-state index contributed by atoms with van der Waals surface area (Å²) in [5.74, 6) is -0.378. The van der Waals surface area contributed by atoms with Gasteiger partial charge in [0.15, 0.2) is 0 Å². The fourth-order valence-electron chi connectivity index (χ4n) is 1.48. The van der Waals surface area contributed by atoms with Crippen LogP contribution in [0, 0.1) is 5.82 Å². The maximum Gasteiger partial charge on any atom is 0.130 e. The van der Waals surface area contributed by atoms with Crippen LogP contribution in [0.1, 0.15) is 18.4 Å². The van der Waals surface area contributed by atoms with Gasteiger partial charge in [-0.15, -0.1) is 0 Å². The molecule has 1 nitrogen and oxygen atoms in total. The molecule has 1 aromatic rings. The molecule has 1 saturated carbocycles. The Morgan fingerprint density at radius 2 is 2.15 bits per heavy atom. The first-order valence-electron chi connectivity index (χ1n) is 4.10. The van der Waals surface area contributed by atoms with E-state index < -0.39 is 5.41 Å². The van der Waals surface area contributed by atoms with Gasteiger partial charge < -0.3 is 4.79 Å². The van der Waals surface area contributed by atoms with Crippen LogP contribution in [-0.4, -0.2) is 6.29 Å². The van der Waals surface area contributed by atoms with Crippen LogP contribution < -0.4 is 0 Å². The SMILES string of the molecule is O=CC1(c2ccc(Cl)cc2F)CC1. The molecule has 13 heavy (non-hydrogen) atoms. The van der Waals surface area contributed by atoms with Crippen molar-refractivity contribution >= 4 is 17.9 Å². The molecule has 0 N–H and O–H groups in total. The lowest BCUT2D eigenvalue weighted by Crippen LogP contribution is -2.09. The Morgan fingerprint density at radius 3 is 2.62 bits per heavy atom. The molecule has 3 heteroatoms. The number of hydrogen-bond acceptors (Lipinski definition) is 1. The third-order valence-corrected chi connectivity index (χ3v) is 2.72. The van der Waals surface area contributed by atoms with E-state index in [0.717, 1.165) is 19.1 Å². The molecule has 1 aliphatic rings. The van der Waals surface area contributed by atoms with Gasteiger partial charge in [0.05, 0.1) is 5.41 Å². The van der Waals surface area contributed by atoms with Gasteiger partial charge in [0, 0.05) is 10.6 Å². The molecule has 1 aliphatic carbocycles. The molecule has 0 spiro atoms. The Hall–Kier alpha value is -0.890. The van der Waals surface area contributed by atoms with Gasteiger partial charge in [-0.2, -0.15) is 0 Å². The topological polar surface area (TPSA) is 17.1 Å². The Kier molecular flexibility index (Phi) is 1.88. The Balaban J connectivity index is 2.47. The zero-order valence-corrected chi connectivity index (χ0v) is 7.64. The number of hydrogen-bond donors (Lipinski definition) is 0. The number of rotatable bonds is 2. The lowest BCUT2D eigenvalue weighted by molar-refractivity contribution is -0.109. The van der Waals surface area contributed by atoms with Gasteiger partial charge in [-0.25, -0.2) is 4.39 Å². The monoisotopic (exact) mass is 198 g/mol. The van der Waals surface area contributed by atoms with Crippen LogP contribution >= 0.6 is 11.6 Å². The molecule has 2 rings (SSSR count). The minimum absolute atomic E-state index is 0.364. The van der Waals surface area contributed by atoms with Crippen molar-refractivity contribution in [1.29, 1.82) is 0 Å². The molecule has 0 heterocycles. The van der Waals surface area contributed by atoms with Crippen LogP contribution in [0.5, 0.6) is 0 Å². The molecule has 68 valence electrons. The summed E-state index contributed by atoms with van der Waals surface area (Å²) in [7, 11) is 0. The summed E-state index contributed by atoms with van der Waals surface area (Å²) >= 11 is 5.60. The quantitative estimate of drug-likeness (QED) is 0.668. The molecule has 0 amide bonds. The van der Waals surface area contributed by atoms with E-state index in [1.165, 1.54) is 6.07 Å². The first-order chi connectivity index (χ1) is 6.18. The predicted octanol–water partition coefficient (Wildman–Crippen LogP) is 2.71. The summed E-state index contributed by atoms with van der Waals surface area (Å²) in [5, 5.41) is 0.364. The summed E-state index contributed by atoms with van der Waals surface area (Å²) in [6, 6.07) is 4.46. The maximum absolute atomic E-state index is 13.3. The zero-order chi connectivity index (χ0) is 9.47. The number of benzene rings is 1. The average Bonchev–Trinajstić information content (AvgIpc) is 2.85. The fourth-order valence-corrected chi connectivity index (χ4v) is 1.64. The van der Waals surface area contributed by atoms with Crippen LogP contribution in [0.3, 0.4) is 0 Å². The molecule has 0 aliphatic heterocycles. The van der Waals surface area contributed by atoms with Crippen LogP contribution in [-0.2, 0) is 10.2 Å². The van der Waals surface area contributed by atoms with Gasteiger partial charge in [0.25, 0.3) is 0 Å². The third-order valence-electron chi connectivity index (χ3n) is 2.48. The number of halogens is 2. The molecular weight excluding hydrogens is 191 g/mol. The smallest absolute Gasteiger partial charge is 0.130 e. The Morgan fingerprint density at radius 1 is 1.46 bits per heavy atom. The van der Waals surface area contributed by atoms with Crippen molar-refractivity contribution in [1.82, 2.24) is 0 Å². The van der Waals surface area contributed by atoms with Gasteiger partial charge in [0.2, 0.25) is 0 Å². The van der Waals surface area contributed by atoms with E-state index in [9.17, 15) is 9.18 Å². The summed E-state index contributed by atoms with van der Waals surface area (Å²) in [6.45, 7) is 0. The second kappa shape index (κ2) is 2.81. The van der Waals surface area contributed by atoms with E-state index in [0.29, 0.717) is 10.6 Å². The highest BCUT2D eigenvalue weighted by molar-refractivity contribution is 6.30.